The molecule has 2 aromatic rings. The Morgan fingerprint density at radius 1 is 1.50 bits per heavy atom. The Labute approximate surface area is 91.7 Å². The SMILES string of the molecule is CCOC(=O)c1cnc2ccncc2c1O. The van der Waals surface area contributed by atoms with E-state index in [0.29, 0.717) is 10.9 Å². The Kier molecular flexibility index (Phi) is 2.68. The van der Waals surface area contributed by atoms with E-state index in [-0.39, 0.29) is 17.9 Å². The van der Waals surface area contributed by atoms with Crippen molar-refractivity contribution in [3.05, 3.63) is 30.2 Å². The highest BCUT2D eigenvalue weighted by molar-refractivity contribution is 5.98. The highest BCUT2D eigenvalue weighted by Crippen LogP contribution is 2.26. The molecule has 0 amide bonds. The molecule has 0 aliphatic heterocycles. The Bertz CT molecular complexity index is 540. The average molecular weight is 218 g/mol. The summed E-state index contributed by atoms with van der Waals surface area (Å²) in [6, 6.07) is 1.66. The van der Waals surface area contributed by atoms with Crippen molar-refractivity contribution in [1.82, 2.24) is 9.97 Å². The number of aromatic nitrogens is 2. The molecule has 1 N–H and O–H groups in total. The number of pyridine rings is 2. The molecule has 2 heterocycles. The van der Waals surface area contributed by atoms with Crippen LogP contribution in [0.3, 0.4) is 0 Å². The van der Waals surface area contributed by atoms with Gasteiger partial charge < -0.3 is 9.84 Å². The van der Waals surface area contributed by atoms with Crippen LogP contribution in [0.1, 0.15) is 17.3 Å². The van der Waals surface area contributed by atoms with Gasteiger partial charge in [-0.15, -0.1) is 0 Å². The lowest BCUT2D eigenvalue weighted by molar-refractivity contribution is 0.0523. The number of rotatable bonds is 2. The van der Waals surface area contributed by atoms with Crippen LogP contribution in [0.25, 0.3) is 10.9 Å². The van der Waals surface area contributed by atoms with Gasteiger partial charge in [0, 0.05) is 18.6 Å². The third kappa shape index (κ3) is 1.67. The first-order valence-corrected chi connectivity index (χ1v) is 4.83. The van der Waals surface area contributed by atoms with Crippen LogP contribution in [0.4, 0.5) is 0 Å². The fourth-order valence-electron chi connectivity index (χ4n) is 1.38. The summed E-state index contributed by atoms with van der Waals surface area (Å²) in [5, 5.41) is 10.3. The molecular weight excluding hydrogens is 208 g/mol. The molecule has 0 aliphatic carbocycles. The predicted octanol–water partition coefficient (Wildman–Crippen LogP) is 1.51. The third-order valence-electron chi connectivity index (χ3n) is 2.14. The molecule has 0 saturated carbocycles. The lowest BCUT2D eigenvalue weighted by Crippen LogP contribution is -2.05. The summed E-state index contributed by atoms with van der Waals surface area (Å²) >= 11 is 0. The van der Waals surface area contributed by atoms with Gasteiger partial charge in [0.25, 0.3) is 0 Å². The van der Waals surface area contributed by atoms with Crippen LogP contribution >= 0.6 is 0 Å². The van der Waals surface area contributed by atoms with Gasteiger partial charge in [0.2, 0.25) is 0 Å². The van der Waals surface area contributed by atoms with Gasteiger partial charge >= 0.3 is 5.97 Å². The fourth-order valence-corrected chi connectivity index (χ4v) is 1.38. The second kappa shape index (κ2) is 4.14. The van der Waals surface area contributed by atoms with Crippen LogP contribution in [-0.4, -0.2) is 27.7 Å². The fraction of sp³-hybridized carbons (Fsp3) is 0.182. The first kappa shape index (κ1) is 10.4. The average Bonchev–Trinajstić information content (AvgIpc) is 2.30. The first-order valence-electron chi connectivity index (χ1n) is 4.83. The molecule has 0 aliphatic rings. The number of esters is 1. The van der Waals surface area contributed by atoms with Gasteiger partial charge in [-0.1, -0.05) is 0 Å². The normalized spacial score (nSPS) is 10.3. The number of ether oxygens (including phenoxy) is 1. The van der Waals surface area contributed by atoms with Crippen molar-refractivity contribution in [2.75, 3.05) is 6.61 Å². The highest BCUT2D eigenvalue weighted by atomic mass is 16.5. The Morgan fingerprint density at radius 3 is 3.06 bits per heavy atom. The smallest absolute Gasteiger partial charge is 0.343 e. The zero-order valence-electron chi connectivity index (χ0n) is 8.67. The third-order valence-corrected chi connectivity index (χ3v) is 2.14. The summed E-state index contributed by atoms with van der Waals surface area (Å²) in [6.45, 7) is 1.95. The van der Waals surface area contributed by atoms with E-state index in [2.05, 4.69) is 9.97 Å². The second-order valence-corrected chi connectivity index (χ2v) is 3.13. The van der Waals surface area contributed by atoms with Crippen molar-refractivity contribution in [2.24, 2.45) is 0 Å². The molecule has 82 valence electrons. The number of nitrogens with zero attached hydrogens (tertiary/aromatic N) is 2. The summed E-state index contributed by atoms with van der Waals surface area (Å²) < 4.78 is 4.80. The van der Waals surface area contributed by atoms with Crippen molar-refractivity contribution < 1.29 is 14.6 Å². The number of hydrogen-bond acceptors (Lipinski definition) is 5. The predicted molar refractivity (Wildman–Crippen MR) is 57.2 cm³/mol. The van der Waals surface area contributed by atoms with Gasteiger partial charge in [-0.3, -0.25) is 9.97 Å². The topological polar surface area (TPSA) is 72.3 Å². The van der Waals surface area contributed by atoms with Crippen molar-refractivity contribution in [1.29, 1.82) is 0 Å². The molecule has 0 aromatic carbocycles. The minimum absolute atomic E-state index is 0.0577. The van der Waals surface area contributed by atoms with Crippen molar-refractivity contribution >= 4 is 16.9 Å². The van der Waals surface area contributed by atoms with Crippen LogP contribution in [0.5, 0.6) is 5.75 Å². The minimum Gasteiger partial charge on any atom is -0.506 e. The summed E-state index contributed by atoms with van der Waals surface area (Å²) in [7, 11) is 0. The van der Waals surface area contributed by atoms with Crippen molar-refractivity contribution in [3.8, 4) is 5.75 Å². The van der Waals surface area contributed by atoms with Gasteiger partial charge in [-0.25, -0.2) is 4.79 Å². The van der Waals surface area contributed by atoms with E-state index in [1.807, 2.05) is 0 Å². The van der Waals surface area contributed by atoms with E-state index >= 15 is 0 Å². The molecule has 0 atom stereocenters. The number of fused-ring (bicyclic) bond motifs is 1. The largest absolute Gasteiger partial charge is 0.506 e. The van der Waals surface area contributed by atoms with Gasteiger partial charge in [0.05, 0.1) is 17.5 Å². The van der Waals surface area contributed by atoms with Crippen LogP contribution < -0.4 is 0 Å². The summed E-state index contributed by atoms with van der Waals surface area (Å²) in [5.41, 5.74) is 0.642. The molecule has 5 nitrogen and oxygen atoms in total. The molecule has 0 saturated heterocycles. The molecule has 0 bridgehead atoms. The first-order chi connectivity index (χ1) is 7.74. The lowest BCUT2D eigenvalue weighted by atomic mass is 10.2. The number of aromatic hydroxyl groups is 1. The summed E-state index contributed by atoms with van der Waals surface area (Å²) in [4.78, 5) is 19.4. The zero-order chi connectivity index (χ0) is 11.5. The van der Waals surface area contributed by atoms with Gasteiger partial charge in [0.15, 0.2) is 0 Å². The quantitative estimate of drug-likeness (QED) is 0.773. The molecule has 5 heteroatoms. The molecule has 0 radical (unpaired) electrons. The van der Waals surface area contributed by atoms with E-state index in [4.69, 9.17) is 4.74 Å². The standard InChI is InChI=1S/C11H10N2O3/c1-2-16-11(15)8-6-13-9-3-4-12-5-7(9)10(8)14/h3-6H,2H2,1H3,(H,13,14). The van der Waals surface area contributed by atoms with Gasteiger partial charge in [-0.2, -0.15) is 0 Å². The maximum Gasteiger partial charge on any atom is 0.343 e. The van der Waals surface area contributed by atoms with Crippen LogP contribution in [0.2, 0.25) is 0 Å². The maximum atomic E-state index is 11.5. The van der Waals surface area contributed by atoms with E-state index in [1.165, 1.54) is 12.4 Å². The Balaban J connectivity index is 2.56. The molecule has 2 aromatic heterocycles. The van der Waals surface area contributed by atoms with E-state index in [1.54, 1.807) is 19.2 Å². The number of carbonyl (C=O) groups excluding carboxylic acids is 1. The van der Waals surface area contributed by atoms with Crippen LogP contribution in [0, 0.1) is 0 Å². The molecule has 0 spiro atoms. The molecule has 2 rings (SSSR count). The summed E-state index contributed by atoms with van der Waals surface area (Å²) in [5.74, 6) is -0.727. The number of hydrogen-bond donors (Lipinski definition) is 1. The Hall–Kier alpha value is -2.17. The van der Waals surface area contributed by atoms with E-state index < -0.39 is 5.97 Å². The van der Waals surface area contributed by atoms with Crippen molar-refractivity contribution in [3.63, 3.8) is 0 Å². The molecule has 0 fully saturated rings. The van der Waals surface area contributed by atoms with Crippen molar-refractivity contribution in [2.45, 2.75) is 6.92 Å². The zero-order valence-corrected chi connectivity index (χ0v) is 8.67. The molecule has 0 unspecified atom stereocenters. The number of carbonyl (C=O) groups is 1. The Morgan fingerprint density at radius 2 is 2.31 bits per heavy atom. The van der Waals surface area contributed by atoms with Crippen LogP contribution in [0.15, 0.2) is 24.7 Å². The second-order valence-electron chi connectivity index (χ2n) is 3.13. The summed E-state index contributed by atoms with van der Waals surface area (Å²) in [6.07, 6.45) is 4.33. The maximum absolute atomic E-state index is 11.5. The van der Waals surface area contributed by atoms with Gasteiger partial charge in [-0.05, 0) is 13.0 Å². The molecule has 16 heavy (non-hydrogen) atoms. The van der Waals surface area contributed by atoms with E-state index in [0.717, 1.165) is 0 Å². The van der Waals surface area contributed by atoms with E-state index in [9.17, 15) is 9.90 Å². The highest BCUT2D eigenvalue weighted by Gasteiger charge is 2.15. The minimum atomic E-state index is -0.585. The molecular formula is C11H10N2O3. The van der Waals surface area contributed by atoms with Crippen LogP contribution in [-0.2, 0) is 4.74 Å². The lowest BCUT2D eigenvalue weighted by Gasteiger charge is -2.05. The van der Waals surface area contributed by atoms with Gasteiger partial charge in [0.1, 0.15) is 11.3 Å². The monoisotopic (exact) mass is 218 g/mol.